The molecule has 8 nitrogen and oxygen atoms in total. The van der Waals surface area contributed by atoms with Gasteiger partial charge in [-0.05, 0) is 18.2 Å². The van der Waals surface area contributed by atoms with Crippen LogP contribution in [0.25, 0.3) is 38.8 Å². The van der Waals surface area contributed by atoms with Gasteiger partial charge in [0.1, 0.15) is 11.2 Å². The highest BCUT2D eigenvalue weighted by Crippen LogP contribution is 2.28. The quantitative estimate of drug-likeness (QED) is 0.454. The van der Waals surface area contributed by atoms with E-state index >= 15 is 0 Å². The standard InChI is InChI=1S/C18H13N7O/c19-17-14-15(20-21-16(14)18(26)23-22-17)10-5-7-12(8-6-10)25-9-11-3-1-2-4-13(11)24-25/h1-9H,(H2,19,22)(H,20,21)(H,23,26). The fraction of sp³-hybridized carbons (Fsp3) is 0. The third kappa shape index (κ3) is 2.09. The zero-order valence-electron chi connectivity index (χ0n) is 13.5. The Morgan fingerprint density at radius 3 is 2.58 bits per heavy atom. The number of nitrogen functional groups attached to an aromatic ring is 1. The number of hydrogen-bond acceptors (Lipinski definition) is 5. The Bertz CT molecular complexity index is 1280. The van der Waals surface area contributed by atoms with Gasteiger partial charge in [0.25, 0.3) is 5.56 Å². The van der Waals surface area contributed by atoms with Crippen LogP contribution in [0.3, 0.4) is 0 Å². The van der Waals surface area contributed by atoms with Gasteiger partial charge in [0.15, 0.2) is 5.82 Å². The molecule has 3 heterocycles. The topological polar surface area (TPSA) is 118 Å². The van der Waals surface area contributed by atoms with Gasteiger partial charge in [-0.3, -0.25) is 9.89 Å². The number of nitrogens with zero attached hydrogens (tertiary/aromatic N) is 4. The summed E-state index contributed by atoms with van der Waals surface area (Å²) >= 11 is 0. The summed E-state index contributed by atoms with van der Waals surface area (Å²) in [4.78, 5) is 11.8. The van der Waals surface area contributed by atoms with Gasteiger partial charge in [0, 0.05) is 17.1 Å². The second-order valence-electron chi connectivity index (χ2n) is 5.94. The van der Waals surface area contributed by atoms with Crippen LogP contribution < -0.4 is 11.3 Å². The molecule has 0 saturated carbocycles. The second kappa shape index (κ2) is 5.28. The number of anilines is 1. The minimum absolute atomic E-state index is 0.228. The van der Waals surface area contributed by atoms with E-state index in [1.807, 2.05) is 59.4 Å². The van der Waals surface area contributed by atoms with Crippen molar-refractivity contribution in [3.05, 3.63) is 65.1 Å². The van der Waals surface area contributed by atoms with E-state index in [9.17, 15) is 4.79 Å². The van der Waals surface area contributed by atoms with E-state index in [4.69, 9.17) is 5.73 Å². The van der Waals surface area contributed by atoms with Gasteiger partial charge in [0.05, 0.1) is 16.6 Å². The van der Waals surface area contributed by atoms with Crippen molar-refractivity contribution in [3.63, 3.8) is 0 Å². The Morgan fingerprint density at radius 1 is 0.962 bits per heavy atom. The maximum Gasteiger partial charge on any atom is 0.290 e. The number of aromatic amines is 2. The molecule has 0 spiro atoms. The normalized spacial score (nSPS) is 11.4. The van der Waals surface area contributed by atoms with Gasteiger partial charge in [0.2, 0.25) is 0 Å². The zero-order valence-corrected chi connectivity index (χ0v) is 13.5. The summed E-state index contributed by atoms with van der Waals surface area (Å²) in [6, 6.07) is 15.7. The average Bonchev–Trinajstić information content (AvgIpc) is 3.30. The third-order valence-electron chi connectivity index (χ3n) is 4.35. The fourth-order valence-electron chi connectivity index (χ4n) is 3.06. The Hall–Kier alpha value is -3.94. The van der Waals surface area contributed by atoms with E-state index in [-0.39, 0.29) is 11.4 Å². The van der Waals surface area contributed by atoms with Crippen LogP contribution in [0.15, 0.2) is 59.5 Å². The van der Waals surface area contributed by atoms with E-state index in [1.165, 1.54) is 0 Å². The summed E-state index contributed by atoms with van der Waals surface area (Å²) in [6.45, 7) is 0. The Kier molecular flexibility index (Phi) is 2.93. The minimum atomic E-state index is -0.354. The second-order valence-corrected chi connectivity index (χ2v) is 5.94. The van der Waals surface area contributed by atoms with Crippen molar-refractivity contribution in [3.8, 4) is 16.9 Å². The van der Waals surface area contributed by atoms with Crippen LogP contribution in [0, 0.1) is 0 Å². The maximum atomic E-state index is 11.8. The predicted molar refractivity (Wildman–Crippen MR) is 99.0 cm³/mol. The van der Waals surface area contributed by atoms with Crippen molar-refractivity contribution >= 4 is 27.6 Å². The smallest absolute Gasteiger partial charge is 0.290 e. The van der Waals surface area contributed by atoms with Crippen molar-refractivity contribution in [2.24, 2.45) is 0 Å². The Labute approximate surface area is 146 Å². The molecule has 126 valence electrons. The lowest BCUT2D eigenvalue weighted by molar-refractivity contribution is 0.896. The first-order valence-corrected chi connectivity index (χ1v) is 7.98. The first kappa shape index (κ1) is 14.4. The molecule has 0 bridgehead atoms. The van der Waals surface area contributed by atoms with Crippen molar-refractivity contribution in [1.29, 1.82) is 0 Å². The monoisotopic (exact) mass is 343 g/mol. The molecule has 0 radical (unpaired) electrons. The maximum absolute atomic E-state index is 11.8. The zero-order chi connectivity index (χ0) is 17.7. The molecule has 0 saturated heterocycles. The summed E-state index contributed by atoms with van der Waals surface area (Å²) in [5.41, 5.74) is 9.16. The molecule has 0 fully saturated rings. The number of hydrogen-bond donors (Lipinski definition) is 3. The SMILES string of the molecule is Nc1n[nH]c(=O)c2[nH]nc(-c3ccc(-n4cc5ccccc5n4)cc3)c12. The molecule has 5 rings (SSSR count). The van der Waals surface area contributed by atoms with E-state index < -0.39 is 0 Å². The predicted octanol–water partition coefficient (Wildman–Crippen LogP) is 2.23. The van der Waals surface area contributed by atoms with Crippen molar-refractivity contribution in [2.75, 3.05) is 5.73 Å². The molecular formula is C18H13N7O. The lowest BCUT2D eigenvalue weighted by atomic mass is 10.1. The molecule has 3 aromatic heterocycles. The summed E-state index contributed by atoms with van der Waals surface area (Å²) in [5.74, 6) is 0.228. The highest BCUT2D eigenvalue weighted by molar-refractivity contribution is 5.99. The molecule has 2 aromatic carbocycles. The number of aromatic nitrogens is 6. The highest BCUT2D eigenvalue weighted by atomic mass is 16.1. The van der Waals surface area contributed by atoms with Crippen LogP contribution in [-0.2, 0) is 0 Å². The molecule has 4 N–H and O–H groups in total. The van der Waals surface area contributed by atoms with Crippen molar-refractivity contribution < 1.29 is 0 Å². The van der Waals surface area contributed by atoms with Gasteiger partial charge < -0.3 is 5.73 Å². The first-order valence-electron chi connectivity index (χ1n) is 7.98. The first-order chi connectivity index (χ1) is 12.7. The van der Waals surface area contributed by atoms with Gasteiger partial charge in [-0.1, -0.05) is 30.3 Å². The number of H-pyrrole nitrogens is 2. The van der Waals surface area contributed by atoms with E-state index in [0.29, 0.717) is 16.6 Å². The number of nitrogens with one attached hydrogen (secondary N) is 2. The van der Waals surface area contributed by atoms with E-state index in [2.05, 4.69) is 25.5 Å². The largest absolute Gasteiger partial charge is 0.382 e. The molecule has 5 aromatic rings. The molecule has 8 heteroatoms. The van der Waals surface area contributed by atoms with Crippen LogP contribution in [0.4, 0.5) is 5.82 Å². The summed E-state index contributed by atoms with van der Waals surface area (Å²) in [6.07, 6.45) is 1.98. The molecule has 0 amide bonds. The molecule has 0 aliphatic carbocycles. The van der Waals surface area contributed by atoms with Gasteiger partial charge in [-0.2, -0.15) is 15.3 Å². The van der Waals surface area contributed by atoms with Crippen molar-refractivity contribution in [2.45, 2.75) is 0 Å². The number of rotatable bonds is 2. The number of fused-ring (bicyclic) bond motifs is 2. The molecular weight excluding hydrogens is 330 g/mol. The fourth-order valence-corrected chi connectivity index (χ4v) is 3.06. The minimum Gasteiger partial charge on any atom is -0.382 e. The van der Waals surface area contributed by atoms with Gasteiger partial charge >= 0.3 is 0 Å². The molecule has 0 aliphatic rings. The molecule has 0 atom stereocenters. The summed E-state index contributed by atoms with van der Waals surface area (Å²) < 4.78 is 1.83. The van der Waals surface area contributed by atoms with Crippen LogP contribution in [0.5, 0.6) is 0 Å². The van der Waals surface area contributed by atoms with Crippen LogP contribution >= 0.6 is 0 Å². The Balaban J connectivity index is 1.60. The number of benzene rings is 2. The van der Waals surface area contributed by atoms with E-state index in [0.717, 1.165) is 22.2 Å². The van der Waals surface area contributed by atoms with Gasteiger partial charge in [-0.15, -0.1) is 0 Å². The number of nitrogens with two attached hydrogens (primary N) is 1. The lowest BCUT2D eigenvalue weighted by Crippen LogP contribution is -2.10. The van der Waals surface area contributed by atoms with Crippen LogP contribution in [0.1, 0.15) is 0 Å². The highest BCUT2D eigenvalue weighted by Gasteiger charge is 2.14. The van der Waals surface area contributed by atoms with Crippen LogP contribution in [0.2, 0.25) is 0 Å². The molecule has 26 heavy (non-hydrogen) atoms. The Morgan fingerprint density at radius 2 is 1.77 bits per heavy atom. The molecule has 0 aliphatic heterocycles. The van der Waals surface area contributed by atoms with Crippen LogP contribution in [-0.4, -0.2) is 30.2 Å². The average molecular weight is 343 g/mol. The lowest BCUT2D eigenvalue weighted by Gasteiger charge is -2.03. The molecule has 0 unspecified atom stereocenters. The van der Waals surface area contributed by atoms with E-state index in [1.54, 1.807) is 0 Å². The van der Waals surface area contributed by atoms with Gasteiger partial charge in [-0.25, -0.2) is 9.78 Å². The third-order valence-corrected chi connectivity index (χ3v) is 4.35. The van der Waals surface area contributed by atoms with Crippen molar-refractivity contribution in [1.82, 2.24) is 30.2 Å². The summed E-state index contributed by atoms with van der Waals surface area (Å²) in [5, 5.41) is 19.3. The summed E-state index contributed by atoms with van der Waals surface area (Å²) in [7, 11) is 0.